The van der Waals surface area contributed by atoms with E-state index in [1.165, 1.54) is 12.8 Å². The highest BCUT2D eigenvalue weighted by molar-refractivity contribution is 6.14. The Balaban J connectivity index is 1.65. The van der Waals surface area contributed by atoms with E-state index >= 15 is 0 Å². The zero-order valence-electron chi connectivity index (χ0n) is 15.6. The lowest BCUT2D eigenvalue weighted by atomic mass is 9.98. The second kappa shape index (κ2) is 7.31. The minimum Gasteiger partial charge on any atom is -0.399 e. The van der Waals surface area contributed by atoms with Crippen molar-refractivity contribution in [1.29, 1.82) is 0 Å². The first kappa shape index (κ1) is 17.4. The van der Waals surface area contributed by atoms with E-state index in [-0.39, 0.29) is 5.91 Å². The molecule has 4 nitrogen and oxygen atoms in total. The molecular formula is C23H25N3O. The molecule has 0 aliphatic carbocycles. The third-order valence-corrected chi connectivity index (χ3v) is 5.43. The molecule has 0 spiro atoms. The van der Waals surface area contributed by atoms with Crippen molar-refractivity contribution >= 4 is 33.7 Å². The van der Waals surface area contributed by atoms with Crippen LogP contribution in [0.25, 0.3) is 10.8 Å². The average molecular weight is 359 g/mol. The van der Waals surface area contributed by atoms with Gasteiger partial charge < -0.3 is 16.0 Å². The number of carbonyl (C=O) groups is 1. The van der Waals surface area contributed by atoms with Gasteiger partial charge in [0.25, 0.3) is 5.91 Å². The zero-order chi connectivity index (χ0) is 18.8. The fraction of sp³-hybridized carbons (Fsp3) is 0.261. The van der Waals surface area contributed by atoms with E-state index in [2.05, 4.69) is 17.1 Å². The first-order chi connectivity index (χ1) is 13.1. The number of rotatable bonds is 3. The molecule has 3 aromatic carbocycles. The monoisotopic (exact) mass is 359 g/mol. The average Bonchev–Trinajstić information content (AvgIpc) is 2.68. The quantitative estimate of drug-likeness (QED) is 0.653. The van der Waals surface area contributed by atoms with Gasteiger partial charge in [-0.25, -0.2) is 0 Å². The molecule has 0 bridgehead atoms. The summed E-state index contributed by atoms with van der Waals surface area (Å²) in [5, 5.41) is 5.12. The van der Waals surface area contributed by atoms with Gasteiger partial charge in [-0.1, -0.05) is 43.3 Å². The van der Waals surface area contributed by atoms with Gasteiger partial charge in [-0.3, -0.25) is 4.79 Å². The Kier molecular flexibility index (Phi) is 4.71. The zero-order valence-corrected chi connectivity index (χ0v) is 15.6. The smallest absolute Gasteiger partial charge is 0.256 e. The summed E-state index contributed by atoms with van der Waals surface area (Å²) in [7, 11) is 0. The molecular weight excluding hydrogens is 334 g/mol. The highest BCUT2D eigenvalue weighted by atomic mass is 16.1. The van der Waals surface area contributed by atoms with Crippen LogP contribution in [0.3, 0.4) is 0 Å². The number of nitrogens with two attached hydrogens (primary N) is 1. The number of hydrogen-bond acceptors (Lipinski definition) is 3. The SMILES string of the molecule is CC1CCN(c2ccc(N)cc2NC(=O)c2cccc3ccccc23)CC1. The summed E-state index contributed by atoms with van der Waals surface area (Å²) < 4.78 is 0. The van der Waals surface area contributed by atoms with Crippen LogP contribution in [0, 0.1) is 5.92 Å². The number of amides is 1. The molecule has 1 heterocycles. The number of piperidine rings is 1. The van der Waals surface area contributed by atoms with Crippen molar-refractivity contribution in [2.24, 2.45) is 5.92 Å². The lowest BCUT2D eigenvalue weighted by molar-refractivity contribution is 0.102. The van der Waals surface area contributed by atoms with Crippen molar-refractivity contribution < 1.29 is 4.79 Å². The van der Waals surface area contributed by atoms with Gasteiger partial charge in [-0.05, 0) is 53.8 Å². The summed E-state index contributed by atoms with van der Waals surface area (Å²) >= 11 is 0. The van der Waals surface area contributed by atoms with E-state index in [1.54, 1.807) is 0 Å². The normalized spacial score (nSPS) is 15.1. The predicted molar refractivity (Wildman–Crippen MR) is 113 cm³/mol. The Morgan fingerprint density at radius 1 is 1.04 bits per heavy atom. The van der Waals surface area contributed by atoms with E-state index < -0.39 is 0 Å². The molecule has 3 aromatic rings. The number of benzene rings is 3. The van der Waals surface area contributed by atoms with E-state index in [4.69, 9.17) is 5.73 Å². The van der Waals surface area contributed by atoms with E-state index in [0.29, 0.717) is 11.3 Å². The third kappa shape index (κ3) is 3.61. The molecule has 0 aromatic heterocycles. The largest absolute Gasteiger partial charge is 0.399 e. The van der Waals surface area contributed by atoms with Gasteiger partial charge in [-0.2, -0.15) is 0 Å². The molecule has 138 valence electrons. The second-order valence-electron chi connectivity index (χ2n) is 7.43. The number of carbonyl (C=O) groups excluding carboxylic acids is 1. The van der Waals surface area contributed by atoms with Crippen LogP contribution in [-0.4, -0.2) is 19.0 Å². The first-order valence-corrected chi connectivity index (χ1v) is 9.55. The van der Waals surface area contributed by atoms with Crippen LogP contribution in [0.1, 0.15) is 30.1 Å². The van der Waals surface area contributed by atoms with E-state index in [9.17, 15) is 4.79 Å². The van der Waals surface area contributed by atoms with Crippen molar-refractivity contribution in [3.63, 3.8) is 0 Å². The minimum absolute atomic E-state index is 0.107. The van der Waals surface area contributed by atoms with Gasteiger partial charge in [0, 0.05) is 24.3 Å². The van der Waals surface area contributed by atoms with Crippen LogP contribution >= 0.6 is 0 Å². The number of hydrogen-bond donors (Lipinski definition) is 2. The standard InChI is InChI=1S/C23H25N3O/c1-16-11-13-26(14-12-16)22-10-9-18(24)15-21(22)25-23(27)20-8-4-6-17-5-2-3-7-19(17)20/h2-10,15-16H,11-14,24H2,1H3,(H,25,27). The van der Waals surface area contributed by atoms with Crippen LogP contribution in [0.15, 0.2) is 60.7 Å². The molecule has 1 saturated heterocycles. The molecule has 4 rings (SSSR count). The fourth-order valence-corrected chi connectivity index (χ4v) is 3.79. The Labute approximate surface area is 160 Å². The predicted octanol–water partition coefficient (Wildman–Crippen LogP) is 4.91. The summed E-state index contributed by atoms with van der Waals surface area (Å²) in [6, 6.07) is 19.5. The highest BCUT2D eigenvalue weighted by Gasteiger charge is 2.20. The topological polar surface area (TPSA) is 58.4 Å². The van der Waals surface area contributed by atoms with Crippen molar-refractivity contribution in [3.05, 3.63) is 66.2 Å². The lowest BCUT2D eigenvalue weighted by Crippen LogP contribution is -2.33. The molecule has 1 fully saturated rings. The molecule has 0 unspecified atom stereocenters. The second-order valence-corrected chi connectivity index (χ2v) is 7.43. The maximum atomic E-state index is 13.1. The summed E-state index contributed by atoms with van der Waals surface area (Å²) in [5.41, 5.74) is 9.17. The van der Waals surface area contributed by atoms with Gasteiger partial charge in [-0.15, -0.1) is 0 Å². The summed E-state index contributed by atoms with van der Waals surface area (Å²) in [4.78, 5) is 15.4. The Morgan fingerprint density at radius 3 is 2.59 bits per heavy atom. The number of nitrogens with zero attached hydrogens (tertiary/aromatic N) is 1. The molecule has 3 N–H and O–H groups in total. The van der Waals surface area contributed by atoms with Crippen LogP contribution in [0.4, 0.5) is 17.1 Å². The first-order valence-electron chi connectivity index (χ1n) is 9.55. The molecule has 4 heteroatoms. The van der Waals surface area contributed by atoms with Gasteiger partial charge in [0.05, 0.1) is 11.4 Å². The third-order valence-electron chi connectivity index (χ3n) is 5.43. The minimum atomic E-state index is -0.107. The molecule has 1 aliphatic rings. The fourth-order valence-electron chi connectivity index (χ4n) is 3.79. The summed E-state index contributed by atoms with van der Waals surface area (Å²) in [6.45, 7) is 4.30. The van der Waals surface area contributed by atoms with E-state index in [1.807, 2.05) is 60.7 Å². The maximum Gasteiger partial charge on any atom is 0.256 e. The van der Waals surface area contributed by atoms with Crippen LogP contribution in [0.2, 0.25) is 0 Å². The Hall–Kier alpha value is -3.01. The summed E-state index contributed by atoms with van der Waals surface area (Å²) in [6.07, 6.45) is 2.34. The van der Waals surface area contributed by atoms with Crippen LogP contribution in [-0.2, 0) is 0 Å². The highest BCUT2D eigenvalue weighted by Crippen LogP contribution is 2.32. The molecule has 0 radical (unpaired) electrons. The lowest BCUT2D eigenvalue weighted by Gasteiger charge is -2.33. The number of anilines is 3. The molecule has 0 saturated carbocycles. The van der Waals surface area contributed by atoms with Gasteiger partial charge in [0.15, 0.2) is 0 Å². The molecule has 27 heavy (non-hydrogen) atoms. The van der Waals surface area contributed by atoms with Crippen molar-refractivity contribution in [1.82, 2.24) is 0 Å². The molecule has 0 atom stereocenters. The van der Waals surface area contributed by atoms with Crippen molar-refractivity contribution in [3.8, 4) is 0 Å². The number of nitrogens with one attached hydrogen (secondary N) is 1. The van der Waals surface area contributed by atoms with Crippen molar-refractivity contribution in [2.75, 3.05) is 29.0 Å². The Morgan fingerprint density at radius 2 is 1.78 bits per heavy atom. The number of fused-ring (bicyclic) bond motifs is 1. The maximum absolute atomic E-state index is 13.1. The number of nitrogen functional groups attached to an aromatic ring is 1. The van der Waals surface area contributed by atoms with Gasteiger partial charge >= 0.3 is 0 Å². The van der Waals surface area contributed by atoms with Crippen LogP contribution < -0.4 is 16.0 Å². The molecule has 1 amide bonds. The van der Waals surface area contributed by atoms with Crippen LogP contribution in [0.5, 0.6) is 0 Å². The summed E-state index contributed by atoms with van der Waals surface area (Å²) in [5.74, 6) is 0.646. The molecule has 1 aliphatic heterocycles. The van der Waals surface area contributed by atoms with E-state index in [0.717, 1.165) is 41.2 Å². The van der Waals surface area contributed by atoms with Gasteiger partial charge in [0.2, 0.25) is 0 Å². The van der Waals surface area contributed by atoms with Crippen molar-refractivity contribution in [2.45, 2.75) is 19.8 Å². The van der Waals surface area contributed by atoms with Gasteiger partial charge in [0.1, 0.15) is 0 Å². The Bertz CT molecular complexity index is 969.